The Hall–Kier alpha value is -1.84. The van der Waals surface area contributed by atoms with Crippen molar-refractivity contribution < 1.29 is 4.52 Å². The third-order valence-corrected chi connectivity index (χ3v) is 3.10. The third kappa shape index (κ3) is 1.46. The van der Waals surface area contributed by atoms with Gasteiger partial charge in [-0.2, -0.15) is 4.98 Å². The highest BCUT2D eigenvalue weighted by Gasteiger charge is 2.43. The molecule has 1 aromatic heterocycles. The normalized spacial score (nSPS) is 17.3. The van der Waals surface area contributed by atoms with Crippen LogP contribution >= 0.6 is 0 Å². The number of benzene rings is 1. The van der Waals surface area contributed by atoms with Crippen molar-refractivity contribution in [3.8, 4) is 11.5 Å². The maximum absolute atomic E-state index is 5.71. The van der Waals surface area contributed by atoms with Crippen molar-refractivity contribution in [2.24, 2.45) is 0 Å². The van der Waals surface area contributed by atoms with E-state index in [9.17, 15) is 0 Å². The summed E-state index contributed by atoms with van der Waals surface area (Å²) in [6.07, 6.45) is 2.28. The quantitative estimate of drug-likeness (QED) is 0.781. The summed E-state index contributed by atoms with van der Waals surface area (Å²) < 4.78 is 5.26. The van der Waals surface area contributed by atoms with Crippen LogP contribution in [0.15, 0.2) is 28.8 Å². The molecule has 1 saturated carbocycles. The Kier molecular flexibility index (Phi) is 1.80. The molecule has 1 heterocycles. The molecule has 1 fully saturated rings. The molecule has 2 N–H and O–H groups in total. The molecule has 0 radical (unpaired) electrons. The topological polar surface area (TPSA) is 64.9 Å². The molecule has 0 atom stereocenters. The highest BCUT2D eigenvalue weighted by atomic mass is 16.5. The summed E-state index contributed by atoms with van der Waals surface area (Å²) in [5.74, 6) is 1.36. The predicted octanol–water partition coefficient (Wildman–Crippen LogP) is 2.37. The monoisotopic (exact) mass is 215 g/mol. The van der Waals surface area contributed by atoms with E-state index in [1.165, 1.54) is 0 Å². The van der Waals surface area contributed by atoms with E-state index in [1.54, 1.807) is 0 Å². The summed E-state index contributed by atoms with van der Waals surface area (Å²) in [5.41, 5.74) is 7.43. The minimum Gasteiger partial charge on any atom is -0.399 e. The lowest BCUT2D eigenvalue weighted by atomic mass is 10.1. The van der Waals surface area contributed by atoms with E-state index in [0.717, 1.165) is 24.2 Å². The Labute approximate surface area is 93.5 Å². The number of rotatable bonds is 2. The maximum Gasteiger partial charge on any atom is 0.258 e. The summed E-state index contributed by atoms with van der Waals surface area (Å²) in [6, 6.07) is 7.48. The van der Waals surface area contributed by atoms with Crippen LogP contribution in [0, 0.1) is 0 Å². The second-order valence-electron chi connectivity index (χ2n) is 4.61. The molecule has 3 rings (SSSR count). The van der Waals surface area contributed by atoms with Gasteiger partial charge in [0.2, 0.25) is 0 Å². The van der Waals surface area contributed by atoms with E-state index in [-0.39, 0.29) is 5.41 Å². The van der Waals surface area contributed by atoms with Gasteiger partial charge < -0.3 is 10.3 Å². The van der Waals surface area contributed by atoms with Gasteiger partial charge in [-0.25, -0.2) is 0 Å². The molecule has 16 heavy (non-hydrogen) atoms. The summed E-state index contributed by atoms with van der Waals surface area (Å²) >= 11 is 0. The summed E-state index contributed by atoms with van der Waals surface area (Å²) in [4.78, 5) is 4.42. The van der Waals surface area contributed by atoms with E-state index >= 15 is 0 Å². The van der Waals surface area contributed by atoms with Crippen molar-refractivity contribution >= 4 is 5.69 Å². The summed E-state index contributed by atoms with van der Waals surface area (Å²) in [7, 11) is 0. The van der Waals surface area contributed by atoms with Gasteiger partial charge in [-0.15, -0.1) is 0 Å². The summed E-state index contributed by atoms with van der Waals surface area (Å²) in [6.45, 7) is 2.15. The highest BCUT2D eigenvalue weighted by Crippen LogP contribution is 2.46. The SMILES string of the molecule is CC1(c2noc(-c3cccc(N)c3)n2)CC1. The Morgan fingerprint density at radius 3 is 2.88 bits per heavy atom. The molecule has 0 amide bonds. The number of nitrogen functional groups attached to an aromatic ring is 1. The molecule has 4 heteroatoms. The van der Waals surface area contributed by atoms with Crippen molar-refractivity contribution in [3.05, 3.63) is 30.1 Å². The molecule has 1 aliphatic rings. The first-order valence-electron chi connectivity index (χ1n) is 5.37. The van der Waals surface area contributed by atoms with E-state index in [0.29, 0.717) is 11.6 Å². The van der Waals surface area contributed by atoms with Gasteiger partial charge in [0.25, 0.3) is 5.89 Å². The van der Waals surface area contributed by atoms with E-state index < -0.39 is 0 Å². The second kappa shape index (κ2) is 3.07. The van der Waals surface area contributed by atoms with Crippen LogP contribution in [0.2, 0.25) is 0 Å². The molecular weight excluding hydrogens is 202 g/mol. The molecule has 2 aromatic rings. The van der Waals surface area contributed by atoms with Gasteiger partial charge in [-0.05, 0) is 31.0 Å². The van der Waals surface area contributed by atoms with Gasteiger partial charge in [-0.1, -0.05) is 18.1 Å². The fraction of sp³-hybridized carbons (Fsp3) is 0.333. The molecule has 4 nitrogen and oxygen atoms in total. The van der Waals surface area contributed by atoms with E-state index in [1.807, 2.05) is 24.3 Å². The lowest BCUT2D eigenvalue weighted by Gasteiger charge is -1.97. The molecule has 0 saturated heterocycles. The smallest absolute Gasteiger partial charge is 0.258 e. The Morgan fingerprint density at radius 1 is 1.38 bits per heavy atom. The van der Waals surface area contributed by atoms with E-state index in [4.69, 9.17) is 10.3 Å². The van der Waals surface area contributed by atoms with Crippen LogP contribution in [-0.2, 0) is 5.41 Å². The van der Waals surface area contributed by atoms with Gasteiger partial charge in [0.1, 0.15) is 0 Å². The predicted molar refractivity (Wildman–Crippen MR) is 60.7 cm³/mol. The molecule has 0 unspecified atom stereocenters. The van der Waals surface area contributed by atoms with E-state index in [2.05, 4.69) is 17.1 Å². The van der Waals surface area contributed by atoms with Crippen LogP contribution < -0.4 is 5.73 Å². The summed E-state index contributed by atoms with van der Waals surface area (Å²) in [5, 5.41) is 4.03. The standard InChI is InChI=1S/C12H13N3O/c1-12(5-6-12)11-14-10(16-15-11)8-3-2-4-9(13)7-8/h2-4,7H,5-6,13H2,1H3. The first-order chi connectivity index (χ1) is 7.67. The Bertz CT molecular complexity index is 529. The molecule has 0 bridgehead atoms. The van der Waals surface area contributed by atoms with Gasteiger partial charge in [-0.3, -0.25) is 0 Å². The van der Waals surface area contributed by atoms with Crippen LogP contribution in [0.1, 0.15) is 25.6 Å². The van der Waals surface area contributed by atoms with Gasteiger partial charge in [0, 0.05) is 16.7 Å². The van der Waals surface area contributed by atoms with Gasteiger partial charge in [0.05, 0.1) is 0 Å². The maximum atomic E-state index is 5.71. The lowest BCUT2D eigenvalue weighted by Crippen LogP contribution is -2.01. The average Bonchev–Trinajstić information content (AvgIpc) is 2.83. The van der Waals surface area contributed by atoms with Crippen molar-refractivity contribution in [2.45, 2.75) is 25.2 Å². The average molecular weight is 215 g/mol. The van der Waals surface area contributed by atoms with Gasteiger partial charge >= 0.3 is 0 Å². The van der Waals surface area contributed by atoms with Crippen LogP contribution in [-0.4, -0.2) is 10.1 Å². The molecule has 0 spiro atoms. The van der Waals surface area contributed by atoms with Crippen LogP contribution in [0.4, 0.5) is 5.69 Å². The fourth-order valence-corrected chi connectivity index (χ4v) is 1.67. The molecule has 0 aliphatic heterocycles. The Balaban J connectivity index is 1.98. The number of aromatic nitrogens is 2. The molecule has 82 valence electrons. The first-order valence-corrected chi connectivity index (χ1v) is 5.37. The number of anilines is 1. The largest absolute Gasteiger partial charge is 0.399 e. The number of hydrogen-bond acceptors (Lipinski definition) is 4. The zero-order chi connectivity index (χ0) is 11.2. The van der Waals surface area contributed by atoms with Gasteiger partial charge in [0.15, 0.2) is 5.82 Å². The molecule has 1 aromatic carbocycles. The van der Waals surface area contributed by atoms with Crippen molar-refractivity contribution in [1.29, 1.82) is 0 Å². The van der Waals surface area contributed by atoms with Crippen molar-refractivity contribution in [1.82, 2.24) is 10.1 Å². The number of hydrogen-bond donors (Lipinski definition) is 1. The first kappa shape index (κ1) is 9.39. The van der Waals surface area contributed by atoms with Crippen LogP contribution in [0.25, 0.3) is 11.5 Å². The fourth-order valence-electron chi connectivity index (χ4n) is 1.67. The Morgan fingerprint density at radius 2 is 2.19 bits per heavy atom. The molecule has 1 aliphatic carbocycles. The number of nitrogens with zero attached hydrogens (tertiary/aromatic N) is 2. The minimum absolute atomic E-state index is 0.141. The lowest BCUT2D eigenvalue weighted by molar-refractivity contribution is 0.416. The van der Waals surface area contributed by atoms with Crippen LogP contribution in [0.3, 0.4) is 0 Å². The minimum atomic E-state index is 0.141. The number of nitrogens with two attached hydrogens (primary N) is 1. The highest BCUT2D eigenvalue weighted by molar-refractivity contribution is 5.59. The second-order valence-corrected chi connectivity index (χ2v) is 4.61. The van der Waals surface area contributed by atoms with Crippen molar-refractivity contribution in [2.75, 3.05) is 5.73 Å². The zero-order valence-electron chi connectivity index (χ0n) is 9.10. The molecular formula is C12H13N3O. The zero-order valence-corrected chi connectivity index (χ0v) is 9.10. The van der Waals surface area contributed by atoms with Crippen molar-refractivity contribution in [3.63, 3.8) is 0 Å². The van der Waals surface area contributed by atoms with Crippen LogP contribution in [0.5, 0.6) is 0 Å². The third-order valence-electron chi connectivity index (χ3n) is 3.10.